The Hall–Kier alpha value is -3.48. The highest BCUT2D eigenvalue weighted by atomic mass is 16.5. The Kier molecular flexibility index (Phi) is 7.54. The number of amides is 2. The largest absolute Gasteiger partial charge is 0.484 e. The van der Waals surface area contributed by atoms with Crippen LogP contribution in [0.5, 0.6) is 5.75 Å². The predicted octanol–water partition coefficient (Wildman–Crippen LogP) is 3.46. The Morgan fingerprint density at radius 2 is 1.77 bits per heavy atom. The Labute approximate surface area is 182 Å². The number of ether oxygens (including phenoxy) is 1. The Morgan fingerprint density at radius 1 is 1.00 bits per heavy atom. The lowest BCUT2D eigenvalue weighted by atomic mass is 10.2. The first-order valence-electron chi connectivity index (χ1n) is 10.3. The van der Waals surface area contributed by atoms with Crippen LogP contribution in [0, 0.1) is 0 Å². The van der Waals surface area contributed by atoms with E-state index in [0.717, 1.165) is 5.69 Å². The number of aryl methyl sites for hydroxylation is 1. The molecule has 2 heterocycles. The van der Waals surface area contributed by atoms with Gasteiger partial charge in [-0.1, -0.05) is 18.2 Å². The molecule has 0 N–H and O–H groups in total. The van der Waals surface area contributed by atoms with Gasteiger partial charge in [-0.3, -0.25) is 9.59 Å². The molecule has 0 bridgehead atoms. The number of aromatic nitrogens is 1. The van der Waals surface area contributed by atoms with E-state index in [-0.39, 0.29) is 31.0 Å². The first-order chi connectivity index (χ1) is 14.9. The maximum absolute atomic E-state index is 13.2. The first kappa shape index (κ1) is 22.2. The van der Waals surface area contributed by atoms with Crippen LogP contribution in [-0.2, 0) is 29.7 Å². The minimum absolute atomic E-state index is 0.0280. The van der Waals surface area contributed by atoms with Crippen LogP contribution in [0.3, 0.4) is 0 Å². The van der Waals surface area contributed by atoms with Crippen LogP contribution in [0.1, 0.15) is 25.3 Å². The molecule has 0 atom stereocenters. The summed E-state index contributed by atoms with van der Waals surface area (Å²) in [5.41, 5.74) is 0.995. The van der Waals surface area contributed by atoms with E-state index in [9.17, 15) is 9.59 Å². The molecule has 0 radical (unpaired) electrons. The third kappa shape index (κ3) is 6.25. The van der Waals surface area contributed by atoms with Crippen molar-refractivity contribution in [1.82, 2.24) is 14.4 Å². The second-order valence-electron chi connectivity index (χ2n) is 7.66. The zero-order valence-corrected chi connectivity index (χ0v) is 18.2. The van der Waals surface area contributed by atoms with Gasteiger partial charge in [-0.2, -0.15) is 0 Å². The van der Waals surface area contributed by atoms with Gasteiger partial charge in [0.25, 0.3) is 5.91 Å². The summed E-state index contributed by atoms with van der Waals surface area (Å²) in [4.78, 5) is 29.3. The van der Waals surface area contributed by atoms with Gasteiger partial charge >= 0.3 is 0 Å². The normalized spacial score (nSPS) is 10.8. The average molecular weight is 424 g/mol. The Morgan fingerprint density at radius 3 is 2.39 bits per heavy atom. The van der Waals surface area contributed by atoms with Gasteiger partial charge in [0.05, 0.1) is 19.4 Å². The van der Waals surface area contributed by atoms with Crippen molar-refractivity contribution in [2.75, 3.05) is 13.2 Å². The molecule has 0 saturated carbocycles. The van der Waals surface area contributed by atoms with E-state index in [1.165, 1.54) is 0 Å². The minimum Gasteiger partial charge on any atom is -0.484 e. The number of furan rings is 1. The summed E-state index contributed by atoms with van der Waals surface area (Å²) in [7, 11) is 1.94. The third-order valence-corrected chi connectivity index (χ3v) is 5.04. The van der Waals surface area contributed by atoms with Crippen LogP contribution < -0.4 is 4.74 Å². The lowest BCUT2D eigenvalue weighted by Crippen LogP contribution is -2.47. The van der Waals surface area contributed by atoms with Crippen molar-refractivity contribution >= 4 is 11.8 Å². The van der Waals surface area contributed by atoms with Gasteiger partial charge in [0.2, 0.25) is 5.91 Å². The second-order valence-corrected chi connectivity index (χ2v) is 7.66. The van der Waals surface area contributed by atoms with Crippen LogP contribution >= 0.6 is 0 Å². The molecule has 0 aliphatic rings. The zero-order valence-electron chi connectivity index (χ0n) is 18.2. The van der Waals surface area contributed by atoms with Crippen molar-refractivity contribution < 1.29 is 18.7 Å². The number of rotatable bonds is 10. The van der Waals surface area contributed by atoms with E-state index >= 15 is 0 Å². The van der Waals surface area contributed by atoms with E-state index in [1.807, 2.05) is 68.1 Å². The van der Waals surface area contributed by atoms with E-state index in [4.69, 9.17) is 9.15 Å². The topological polar surface area (TPSA) is 67.9 Å². The van der Waals surface area contributed by atoms with Crippen LogP contribution in [0.2, 0.25) is 0 Å². The SMILES string of the molecule is CC(C)N(CC(=O)N(Cc1ccco1)Cc1cccn1C)C(=O)COc1ccccc1. The molecule has 0 unspecified atom stereocenters. The highest BCUT2D eigenvalue weighted by Crippen LogP contribution is 2.13. The molecule has 3 aromatic rings. The van der Waals surface area contributed by atoms with Gasteiger partial charge in [0.1, 0.15) is 18.1 Å². The molecule has 7 nitrogen and oxygen atoms in total. The fraction of sp³-hybridized carbons (Fsp3) is 0.333. The maximum Gasteiger partial charge on any atom is 0.261 e. The van der Waals surface area contributed by atoms with Crippen LogP contribution in [0.15, 0.2) is 71.5 Å². The molecule has 0 saturated heterocycles. The standard InChI is InChI=1S/C24H29N3O4/c1-19(2)27(24(29)18-31-21-10-5-4-6-11-21)17-23(28)26(16-22-12-8-14-30-22)15-20-9-7-13-25(20)3/h4-14,19H,15-18H2,1-3H3. The van der Waals surface area contributed by atoms with Gasteiger partial charge in [-0.05, 0) is 50.2 Å². The molecule has 164 valence electrons. The van der Waals surface area contributed by atoms with Crippen molar-refractivity contribution in [3.05, 3.63) is 78.5 Å². The highest BCUT2D eigenvalue weighted by Gasteiger charge is 2.25. The highest BCUT2D eigenvalue weighted by molar-refractivity contribution is 5.85. The fourth-order valence-corrected chi connectivity index (χ4v) is 3.23. The molecule has 0 aliphatic carbocycles. The molecule has 2 aromatic heterocycles. The van der Waals surface area contributed by atoms with Gasteiger partial charge in [-0.15, -0.1) is 0 Å². The maximum atomic E-state index is 13.2. The Balaban J connectivity index is 1.68. The monoisotopic (exact) mass is 423 g/mol. The number of nitrogens with zero attached hydrogens (tertiary/aromatic N) is 3. The van der Waals surface area contributed by atoms with Gasteiger partial charge in [0, 0.05) is 25.0 Å². The molecule has 2 amide bonds. The van der Waals surface area contributed by atoms with Crippen molar-refractivity contribution in [1.29, 1.82) is 0 Å². The molecular weight excluding hydrogens is 394 g/mol. The van der Waals surface area contributed by atoms with Crippen molar-refractivity contribution in [2.45, 2.75) is 33.0 Å². The lowest BCUT2D eigenvalue weighted by molar-refractivity contribution is -0.144. The van der Waals surface area contributed by atoms with Crippen molar-refractivity contribution in [3.8, 4) is 5.75 Å². The fourth-order valence-electron chi connectivity index (χ4n) is 3.23. The lowest BCUT2D eigenvalue weighted by Gasteiger charge is -2.30. The summed E-state index contributed by atoms with van der Waals surface area (Å²) in [5.74, 6) is 0.926. The van der Waals surface area contributed by atoms with Gasteiger partial charge < -0.3 is 23.5 Å². The third-order valence-electron chi connectivity index (χ3n) is 5.04. The first-order valence-corrected chi connectivity index (χ1v) is 10.3. The molecular formula is C24H29N3O4. The van der Waals surface area contributed by atoms with E-state index in [0.29, 0.717) is 24.6 Å². The Bertz CT molecular complexity index is 964. The molecule has 7 heteroatoms. The molecule has 3 rings (SSSR count). The number of para-hydroxylation sites is 1. The minimum atomic E-state index is -0.232. The number of carbonyl (C=O) groups excluding carboxylic acids is 2. The van der Waals surface area contributed by atoms with Crippen LogP contribution in [0.4, 0.5) is 0 Å². The smallest absolute Gasteiger partial charge is 0.261 e. The molecule has 0 fully saturated rings. The summed E-state index contributed by atoms with van der Waals surface area (Å²) in [6.45, 7) is 4.39. The van der Waals surface area contributed by atoms with Crippen molar-refractivity contribution in [2.24, 2.45) is 7.05 Å². The second kappa shape index (κ2) is 10.5. The summed E-state index contributed by atoms with van der Waals surface area (Å²) >= 11 is 0. The molecule has 0 aliphatic heterocycles. The van der Waals surface area contributed by atoms with Crippen molar-refractivity contribution in [3.63, 3.8) is 0 Å². The molecule has 31 heavy (non-hydrogen) atoms. The number of carbonyl (C=O) groups is 2. The summed E-state index contributed by atoms with van der Waals surface area (Å²) in [5, 5.41) is 0. The molecule has 1 aromatic carbocycles. The van der Waals surface area contributed by atoms with E-state index in [2.05, 4.69) is 0 Å². The van der Waals surface area contributed by atoms with E-state index < -0.39 is 0 Å². The van der Waals surface area contributed by atoms with Crippen LogP contribution in [-0.4, -0.2) is 45.4 Å². The summed E-state index contributed by atoms with van der Waals surface area (Å²) < 4.78 is 13.0. The summed E-state index contributed by atoms with van der Waals surface area (Å²) in [6, 6.07) is 16.6. The van der Waals surface area contributed by atoms with Gasteiger partial charge in [0.15, 0.2) is 6.61 Å². The number of hydrogen-bond donors (Lipinski definition) is 0. The summed E-state index contributed by atoms with van der Waals surface area (Å²) in [6.07, 6.45) is 3.53. The molecule has 0 spiro atoms. The zero-order chi connectivity index (χ0) is 22.2. The number of hydrogen-bond acceptors (Lipinski definition) is 4. The quantitative estimate of drug-likeness (QED) is 0.501. The van der Waals surface area contributed by atoms with Gasteiger partial charge in [-0.25, -0.2) is 0 Å². The predicted molar refractivity (Wildman–Crippen MR) is 117 cm³/mol. The van der Waals surface area contributed by atoms with Crippen LogP contribution in [0.25, 0.3) is 0 Å². The average Bonchev–Trinajstić information content (AvgIpc) is 3.42. The number of benzene rings is 1. The van der Waals surface area contributed by atoms with E-state index in [1.54, 1.807) is 34.3 Å².